The Morgan fingerprint density at radius 2 is 1.42 bits per heavy atom. The Balaban J connectivity index is 2.47. The van der Waals surface area contributed by atoms with Crippen LogP contribution in [0.3, 0.4) is 0 Å². The first-order valence-electron chi connectivity index (χ1n) is 16.9. The van der Waals surface area contributed by atoms with Crippen LogP contribution >= 0.6 is 0 Å². The lowest BCUT2D eigenvalue weighted by Gasteiger charge is -2.43. The fraction of sp³-hybridized carbons (Fsp3) is 0.853. The minimum absolute atomic E-state index is 0.108. The third kappa shape index (κ3) is 18.4. The van der Waals surface area contributed by atoms with Crippen molar-refractivity contribution in [2.75, 3.05) is 13.2 Å². The van der Waals surface area contributed by atoms with Crippen molar-refractivity contribution in [3.05, 3.63) is 12.7 Å². The summed E-state index contributed by atoms with van der Waals surface area (Å²) < 4.78 is 22.6. The van der Waals surface area contributed by atoms with Crippen LogP contribution in [-0.2, 0) is 33.3 Å². The maximum absolute atomic E-state index is 12.8. The summed E-state index contributed by atoms with van der Waals surface area (Å²) in [6.45, 7) is 10.9. The van der Waals surface area contributed by atoms with Gasteiger partial charge in [0.2, 0.25) is 5.91 Å². The molecular formula is C34H61NO8. The van der Waals surface area contributed by atoms with Gasteiger partial charge in [-0.05, 0) is 12.3 Å². The fourth-order valence-corrected chi connectivity index (χ4v) is 5.31. The predicted molar refractivity (Wildman–Crippen MR) is 168 cm³/mol. The van der Waals surface area contributed by atoms with E-state index in [2.05, 4.69) is 18.8 Å². The van der Waals surface area contributed by atoms with Crippen molar-refractivity contribution in [2.45, 2.75) is 167 Å². The number of amides is 1. The van der Waals surface area contributed by atoms with E-state index in [4.69, 9.17) is 18.9 Å². The number of esters is 2. The van der Waals surface area contributed by atoms with Crippen LogP contribution in [-0.4, -0.2) is 66.8 Å². The summed E-state index contributed by atoms with van der Waals surface area (Å²) >= 11 is 0. The van der Waals surface area contributed by atoms with E-state index in [0.29, 0.717) is 6.42 Å². The quantitative estimate of drug-likeness (QED) is 0.0678. The molecule has 250 valence electrons. The topological polar surface area (TPSA) is 120 Å². The van der Waals surface area contributed by atoms with E-state index in [1.807, 2.05) is 13.8 Å². The van der Waals surface area contributed by atoms with E-state index in [-0.39, 0.29) is 32.0 Å². The van der Waals surface area contributed by atoms with Crippen molar-refractivity contribution < 1.29 is 38.4 Å². The largest absolute Gasteiger partial charge is 0.463 e. The third-order valence-electron chi connectivity index (χ3n) is 7.66. The second-order valence-electron chi connectivity index (χ2n) is 12.3. The maximum atomic E-state index is 12.8. The monoisotopic (exact) mass is 611 g/mol. The SMILES string of the molecule is C=CCO[C@H]1O[C@H](COC(=O)CC(C)C)[C@@H](O)[C@H](OC(=O)CCCCCCCCCCCCCCCCC)[C@H]1NC(C)=O. The molecule has 2 N–H and O–H groups in total. The van der Waals surface area contributed by atoms with Crippen LogP contribution in [0, 0.1) is 5.92 Å². The molecule has 9 nitrogen and oxygen atoms in total. The molecule has 0 aliphatic carbocycles. The van der Waals surface area contributed by atoms with Gasteiger partial charge < -0.3 is 29.4 Å². The minimum Gasteiger partial charge on any atom is -0.463 e. The molecule has 1 fully saturated rings. The molecule has 1 heterocycles. The van der Waals surface area contributed by atoms with E-state index >= 15 is 0 Å². The Hall–Kier alpha value is -1.97. The first-order valence-corrected chi connectivity index (χ1v) is 16.9. The highest BCUT2D eigenvalue weighted by molar-refractivity contribution is 5.74. The van der Waals surface area contributed by atoms with Crippen molar-refractivity contribution >= 4 is 17.8 Å². The number of hydrogen-bond acceptors (Lipinski definition) is 8. The van der Waals surface area contributed by atoms with Crippen molar-refractivity contribution in [2.24, 2.45) is 5.92 Å². The number of unbranched alkanes of at least 4 members (excludes halogenated alkanes) is 14. The van der Waals surface area contributed by atoms with Gasteiger partial charge in [0.1, 0.15) is 24.9 Å². The lowest BCUT2D eigenvalue weighted by molar-refractivity contribution is -0.272. The van der Waals surface area contributed by atoms with Gasteiger partial charge in [-0.15, -0.1) is 6.58 Å². The Morgan fingerprint density at radius 1 is 0.884 bits per heavy atom. The molecule has 5 atom stereocenters. The van der Waals surface area contributed by atoms with Crippen molar-refractivity contribution in [3.63, 3.8) is 0 Å². The lowest BCUT2D eigenvalue weighted by Crippen LogP contribution is -2.65. The molecular weight excluding hydrogens is 550 g/mol. The standard InChI is InChI=1S/C34H61NO8/c1-6-8-9-10-11-12-13-14-15-16-17-18-19-20-21-22-29(37)43-33-31(35-27(5)36)34(40-23-7-2)42-28(32(33)39)25-41-30(38)24-26(3)4/h7,26,28,31-34,39H,2,6,8-25H2,1,3-5H3,(H,35,36)/t28-,31-,32-,33-,34+/m1/s1. The fourth-order valence-electron chi connectivity index (χ4n) is 5.31. The summed E-state index contributed by atoms with van der Waals surface area (Å²) in [5.41, 5.74) is 0. The van der Waals surface area contributed by atoms with Crippen molar-refractivity contribution in [1.82, 2.24) is 5.32 Å². The number of hydrogen-bond donors (Lipinski definition) is 2. The van der Waals surface area contributed by atoms with Gasteiger partial charge in [0, 0.05) is 19.8 Å². The van der Waals surface area contributed by atoms with Crippen LogP contribution in [0.15, 0.2) is 12.7 Å². The number of carbonyl (C=O) groups is 3. The first-order chi connectivity index (χ1) is 20.7. The second kappa shape index (κ2) is 24.4. The molecule has 0 unspecified atom stereocenters. The molecule has 1 saturated heterocycles. The number of ether oxygens (including phenoxy) is 4. The van der Waals surface area contributed by atoms with Gasteiger partial charge in [0.15, 0.2) is 12.4 Å². The van der Waals surface area contributed by atoms with E-state index in [1.165, 1.54) is 83.6 Å². The maximum Gasteiger partial charge on any atom is 0.306 e. The summed E-state index contributed by atoms with van der Waals surface area (Å²) in [6.07, 6.45) is 16.0. The molecule has 9 heteroatoms. The summed E-state index contributed by atoms with van der Waals surface area (Å²) in [7, 11) is 0. The molecule has 0 aromatic heterocycles. The normalized spacial score (nSPS) is 21.9. The lowest BCUT2D eigenvalue weighted by atomic mass is 9.96. The summed E-state index contributed by atoms with van der Waals surface area (Å²) in [5, 5.41) is 13.8. The molecule has 1 rings (SSSR count). The molecule has 0 aromatic rings. The molecule has 0 spiro atoms. The highest BCUT2D eigenvalue weighted by Gasteiger charge is 2.49. The van der Waals surface area contributed by atoms with Gasteiger partial charge >= 0.3 is 11.9 Å². The second-order valence-corrected chi connectivity index (χ2v) is 12.3. The Morgan fingerprint density at radius 3 is 1.91 bits per heavy atom. The molecule has 1 aliphatic rings. The third-order valence-corrected chi connectivity index (χ3v) is 7.66. The molecule has 0 bridgehead atoms. The Bertz CT molecular complexity index is 773. The van der Waals surface area contributed by atoms with Crippen LogP contribution in [0.1, 0.15) is 137 Å². The molecule has 0 radical (unpaired) electrons. The van der Waals surface area contributed by atoms with Crippen molar-refractivity contribution in [3.8, 4) is 0 Å². The molecule has 43 heavy (non-hydrogen) atoms. The van der Waals surface area contributed by atoms with E-state index < -0.39 is 48.5 Å². The first kappa shape index (κ1) is 39.1. The summed E-state index contributed by atoms with van der Waals surface area (Å²) in [5.74, 6) is -1.15. The molecule has 0 aromatic carbocycles. The van der Waals surface area contributed by atoms with Gasteiger partial charge in [-0.1, -0.05) is 117 Å². The van der Waals surface area contributed by atoms with Crippen LogP contribution in [0.25, 0.3) is 0 Å². The Labute approximate surface area is 260 Å². The number of carbonyl (C=O) groups excluding carboxylic acids is 3. The number of aliphatic hydroxyl groups excluding tert-OH is 1. The van der Waals surface area contributed by atoms with Gasteiger partial charge in [0.25, 0.3) is 0 Å². The number of nitrogens with one attached hydrogen (secondary N) is 1. The zero-order chi connectivity index (χ0) is 31.9. The van der Waals surface area contributed by atoms with Crippen LogP contribution in [0.5, 0.6) is 0 Å². The Kier molecular flexibility index (Phi) is 22.1. The van der Waals surface area contributed by atoms with Crippen LogP contribution < -0.4 is 5.32 Å². The van der Waals surface area contributed by atoms with Gasteiger partial charge in [0.05, 0.1) is 6.61 Å². The number of rotatable bonds is 25. The zero-order valence-corrected chi connectivity index (χ0v) is 27.5. The van der Waals surface area contributed by atoms with Crippen LogP contribution in [0.4, 0.5) is 0 Å². The van der Waals surface area contributed by atoms with E-state index in [0.717, 1.165) is 19.3 Å². The highest BCUT2D eigenvalue weighted by atomic mass is 16.7. The number of aliphatic hydroxyl groups is 1. The van der Waals surface area contributed by atoms with Crippen molar-refractivity contribution in [1.29, 1.82) is 0 Å². The molecule has 0 saturated carbocycles. The smallest absolute Gasteiger partial charge is 0.306 e. The van der Waals surface area contributed by atoms with Crippen LogP contribution in [0.2, 0.25) is 0 Å². The zero-order valence-electron chi connectivity index (χ0n) is 27.5. The summed E-state index contributed by atoms with van der Waals surface area (Å²) in [6, 6.07) is -0.944. The average molecular weight is 612 g/mol. The summed E-state index contributed by atoms with van der Waals surface area (Å²) in [4.78, 5) is 36.9. The van der Waals surface area contributed by atoms with Gasteiger partial charge in [-0.3, -0.25) is 14.4 Å². The van der Waals surface area contributed by atoms with E-state index in [9.17, 15) is 19.5 Å². The van der Waals surface area contributed by atoms with Gasteiger partial charge in [-0.25, -0.2) is 0 Å². The molecule has 1 aliphatic heterocycles. The highest BCUT2D eigenvalue weighted by Crippen LogP contribution is 2.26. The van der Waals surface area contributed by atoms with E-state index in [1.54, 1.807) is 0 Å². The molecule has 1 amide bonds. The predicted octanol–water partition coefficient (Wildman–Crippen LogP) is 6.54. The average Bonchev–Trinajstić information content (AvgIpc) is 2.95. The minimum atomic E-state index is -1.34. The van der Waals surface area contributed by atoms with Gasteiger partial charge in [-0.2, -0.15) is 0 Å².